The van der Waals surface area contributed by atoms with Crippen LogP contribution in [0.1, 0.15) is 9.67 Å². The molecule has 1 amide bonds. The van der Waals surface area contributed by atoms with Gasteiger partial charge in [-0.1, -0.05) is 10.6 Å². The fraction of sp³-hybridized carbons (Fsp3) is 0.133. The number of amides is 1. The lowest BCUT2D eigenvalue weighted by atomic mass is 10.2. The summed E-state index contributed by atoms with van der Waals surface area (Å²) in [5, 5.41) is 8.82. The number of benzene rings is 1. The van der Waals surface area contributed by atoms with Crippen LogP contribution in [0.15, 0.2) is 35.7 Å². The quantitative estimate of drug-likeness (QED) is 0.764. The minimum Gasteiger partial charge on any atom is -0.493 e. The molecule has 0 spiro atoms. The summed E-state index contributed by atoms with van der Waals surface area (Å²) in [6.07, 6.45) is 0. The number of nitrogens with zero attached hydrogens (tertiary/aromatic N) is 2. The zero-order valence-corrected chi connectivity index (χ0v) is 14.0. The van der Waals surface area contributed by atoms with E-state index in [0.29, 0.717) is 27.8 Å². The second-order valence-electron chi connectivity index (χ2n) is 4.45. The Bertz CT molecular complexity index is 815. The first-order chi connectivity index (χ1) is 11.2. The van der Waals surface area contributed by atoms with Gasteiger partial charge < -0.3 is 14.8 Å². The van der Waals surface area contributed by atoms with Gasteiger partial charge in [0.05, 0.1) is 19.1 Å². The van der Waals surface area contributed by atoms with Gasteiger partial charge in [-0.2, -0.15) is 0 Å². The molecule has 8 heteroatoms. The van der Waals surface area contributed by atoms with Gasteiger partial charge in [-0.25, -0.2) is 0 Å². The highest BCUT2D eigenvalue weighted by Crippen LogP contribution is 2.31. The Balaban J connectivity index is 1.84. The van der Waals surface area contributed by atoms with E-state index in [-0.39, 0.29) is 5.91 Å². The zero-order chi connectivity index (χ0) is 16.2. The highest BCUT2D eigenvalue weighted by Gasteiger charge is 2.19. The van der Waals surface area contributed by atoms with Crippen LogP contribution in [-0.4, -0.2) is 29.7 Å². The van der Waals surface area contributed by atoms with Crippen LogP contribution in [-0.2, 0) is 0 Å². The zero-order valence-electron chi connectivity index (χ0n) is 12.4. The molecule has 118 valence electrons. The molecule has 23 heavy (non-hydrogen) atoms. The van der Waals surface area contributed by atoms with Gasteiger partial charge in [0, 0.05) is 11.8 Å². The predicted octanol–water partition coefficient (Wildman–Crippen LogP) is 3.54. The van der Waals surface area contributed by atoms with Gasteiger partial charge in [0.25, 0.3) is 5.91 Å². The monoisotopic (exact) mass is 347 g/mol. The molecule has 1 aromatic carbocycles. The number of methoxy groups -OCH3 is 2. The van der Waals surface area contributed by atoms with Crippen LogP contribution in [0.25, 0.3) is 10.6 Å². The van der Waals surface area contributed by atoms with E-state index in [0.717, 1.165) is 16.4 Å². The molecule has 0 saturated carbocycles. The number of carbonyl (C=O) groups is 1. The van der Waals surface area contributed by atoms with Crippen molar-refractivity contribution in [1.29, 1.82) is 0 Å². The molecule has 2 aromatic heterocycles. The molecule has 0 fully saturated rings. The maximum atomic E-state index is 12.5. The summed E-state index contributed by atoms with van der Waals surface area (Å²) >= 11 is 2.59. The first-order valence-corrected chi connectivity index (χ1v) is 8.28. The van der Waals surface area contributed by atoms with Gasteiger partial charge in [-0.05, 0) is 35.1 Å². The number of nitrogens with one attached hydrogen (secondary N) is 1. The van der Waals surface area contributed by atoms with Crippen molar-refractivity contribution in [3.05, 3.63) is 40.6 Å². The van der Waals surface area contributed by atoms with E-state index in [1.165, 1.54) is 11.3 Å². The maximum absolute atomic E-state index is 12.5. The topological polar surface area (TPSA) is 73.3 Å². The van der Waals surface area contributed by atoms with Gasteiger partial charge in [-0.3, -0.25) is 4.79 Å². The van der Waals surface area contributed by atoms with Crippen molar-refractivity contribution in [2.45, 2.75) is 0 Å². The van der Waals surface area contributed by atoms with Crippen molar-refractivity contribution in [3.63, 3.8) is 0 Å². The molecule has 3 rings (SSSR count). The first-order valence-electron chi connectivity index (χ1n) is 6.62. The van der Waals surface area contributed by atoms with Crippen LogP contribution >= 0.6 is 22.9 Å². The smallest absolute Gasteiger partial charge is 0.269 e. The van der Waals surface area contributed by atoms with Crippen molar-refractivity contribution in [1.82, 2.24) is 9.59 Å². The Morgan fingerprint density at radius 1 is 1.17 bits per heavy atom. The van der Waals surface area contributed by atoms with Crippen molar-refractivity contribution in [2.75, 3.05) is 19.5 Å². The number of rotatable bonds is 5. The third kappa shape index (κ3) is 3.17. The molecule has 0 atom stereocenters. The summed E-state index contributed by atoms with van der Waals surface area (Å²) in [6.45, 7) is 0. The third-order valence-corrected chi connectivity index (χ3v) is 4.69. The minimum atomic E-state index is -0.254. The van der Waals surface area contributed by atoms with Crippen LogP contribution in [0.3, 0.4) is 0 Å². The molecule has 2 heterocycles. The van der Waals surface area contributed by atoms with E-state index in [4.69, 9.17) is 9.47 Å². The predicted molar refractivity (Wildman–Crippen MR) is 90.7 cm³/mol. The second kappa shape index (κ2) is 6.76. The van der Waals surface area contributed by atoms with E-state index < -0.39 is 0 Å². The van der Waals surface area contributed by atoms with Gasteiger partial charge in [-0.15, -0.1) is 16.4 Å². The lowest BCUT2D eigenvalue weighted by Crippen LogP contribution is -2.11. The van der Waals surface area contributed by atoms with Crippen LogP contribution in [0, 0.1) is 0 Å². The molecule has 0 radical (unpaired) electrons. The average molecular weight is 347 g/mol. The van der Waals surface area contributed by atoms with Crippen molar-refractivity contribution in [2.24, 2.45) is 0 Å². The Morgan fingerprint density at radius 2 is 2.00 bits per heavy atom. The van der Waals surface area contributed by atoms with Crippen LogP contribution in [0.4, 0.5) is 5.69 Å². The largest absolute Gasteiger partial charge is 0.493 e. The molecular formula is C15H13N3O3S2. The van der Waals surface area contributed by atoms with Crippen molar-refractivity contribution >= 4 is 34.5 Å². The summed E-state index contributed by atoms with van der Waals surface area (Å²) in [5.41, 5.74) is 1.21. The number of aromatic nitrogens is 2. The number of carbonyl (C=O) groups excluding carboxylic acids is 1. The molecule has 3 aromatic rings. The third-order valence-electron chi connectivity index (χ3n) is 3.09. The van der Waals surface area contributed by atoms with Gasteiger partial charge >= 0.3 is 0 Å². The van der Waals surface area contributed by atoms with Crippen molar-refractivity contribution in [3.8, 4) is 22.1 Å². The number of hydrogen-bond acceptors (Lipinski definition) is 7. The summed E-state index contributed by atoms with van der Waals surface area (Å²) in [4.78, 5) is 13.9. The molecule has 0 aliphatic rings. The number of anilines is 1. The maximum Gasteiger partial charge on any atom is 0.269 e. The van der Waals surface area contributed by atoms with Crippen LogP contribution in [0.5, 0.6) is 11.5 Å². The SMILES string of the molecule is COc1ccc(NC(=O)c2snnc2-c2cccs2)cc1OC. The molecule has 0 aliphatic carbocycles. The highest BCUT2D eigenvalue weighted by atomic mass is 32.1. The number of ether oxygens (including phenoxy) is 2. The van der Waals surface area contributed by atoms with E-state index >= 15 is 0 Å². The molecular weight excluding hydrogens is 334 g/mol. The molecule has 0 unspecified atom stereocenters. The summed E-state index contributed by atoms with van der Waals surface area (Å²) in [7, 11) is 3.11. The Kier molecular flexibility index (Phi) is 4.54. The summed E-state index contributed by atoms with van der Waals surface area (Å²) in [5.74, 6) is 0.895. The standard InChI is InChI=1S/C15H13N3O3S2/c1-20-10-6-5-9(8-11(10)21-2)16-15(19)14-13(17-18-23-14)12-4-3-7-22-12/h3-8H,1-2H3,(H,16,19). The van der Waals surface area contributed by atoms with Gasteiger partial charge in [0.15, 0.2) is 11.5 Å². The molecule has 0 bridgehead atoms. The minimum absolute atomic E-state index is 0.254. The molecule has 1 N–H and O–H groups in total. The molecule has 0 aliphatic heterocycles. The fourth-order valence-corrected chi connectivity index (χ4v) is 3.37. The lowest BCUT2D eigenvalue weighted by molar-refractivity contribution is 0.103. The normalized spacial score (nSPS) is 10.3. The van der Waals surface area contributed by atoms with E-state index in [9.17, 15) is 4.79 Å². The highest BCUT2D eigenvalue weighted by molar-refractivity contribution is 7.14. The summed E-state index contributed by atoms with van der Waals surface area (Å²) in [6, 6.07) is 9.01. The average Bonchev–Trinajstić information content (AvgIpc) is 3.25. The van der Waals surface area contributed by atoms with E-state index in [2.05, 4.69) is 14.9 Å². The number of thiophene rings is 1. The Hall–Kier alpha value is -2.45. The van der Waals surface area contributed by atoms with E-state index in [1.54, 1.807) is 32.4 Å². The van der Waals surface area contributed by atoms with Crippen molar-refractivity contribution < 1.29 is 14.3 Å². The van der Waals surface area contributed by atoms with E-state index in [1.807, 2.05) is 17.5 Å². The Morgan fingerprint density at radius 3 is 2.70 bits per heavy atom. The molecule has 0 saturated heterocycles. The van der Waals surface area contributed by atoms with Crippen LogP contribution in [0.2, 0.25) is 0 Å². The Labute approximate surface area is 140 Å². The summed E-state index contributed by atoms with van der Waals surface area (Å²) < 4.78 is 14.3. The number of hydrogen-bond donors (Lipinski definition) is 1. The molecule has 6 nitrogen and oxygen atoms in total. The van der Waals surface area contributed by atoms with Gasteiger partial charge in [0.2, 0.25) is 0 Å². The fourth-order valence-electron chi connectivity index (χ4n) is 2.02. The lowest BCUT2D eigenvalue weighted by Gasteiger charge is -2.10. The van der Waals surface area contributed by atoms with Crippen LogP contribution < -0.4 is 14.8 Å². The first kappa shape index (κ1) is 15.4. The van der Waals surface area contributed by atoms with Gasteiger partial charge in [0.1, 0.15) is 10.6 Å². The second-order valence-corrected chi connectivity index (χ2v) is 6.15.